The predicted molar refractivity (Wildman–Crippen MR) is 52.5 cm³/mol. The number of unbranched alkanes of at least 4 members (excludes halogenated alkanes) is 1. The Labute approximate surface area is 80.4 Å². The van der Waals surface area contributed by atoms with Gasteiger partial charge in [0, 0.05) is 19.1 Å². The molecule has 1 heterocycles. The van der Waals surface area contributed by atoms with Crippen LogP contribution in [-0.4, -0.2) is 47.5 Å². The average molecular weight is 187 g/mol. The monoisotopic (exact) mass is 187 g/mol. The van der Waals surface area contributed by atoms with E-state index in [1.54, 1.807) is 0 Å². The SMILES string of the molecule is CCCCN1CC[C@H](CO)[C@@H](O)C1. The van der Waals surface area contributed by atoms with Crippen molar-refractivity contribution in [1.82, 2.24) is 4.90 Å². The van der Waals surface area contributed by atoms with E-state index in [2.05, 4.69) is 11.8 Å². The molecule has 2 N–H and O–H groups in total. The topological polar surface area (TPSA) is 43.7 Å². The zero-order chi connectivity index (χ0) is 9.68. The number of piperidine rings is 1. The van der Waals surface area contributed by atoms with Crippen LogP contribution in [0, 0.1) is 5.92 Å². The second-order valence-corrected chi connectivity index (χ2v) is 3.95. The Morgan fingerprint density at radius 2 is 2.23 bits per heavy atom. The molecule has 1 aliphatic rings. The summed E-state index contributed by atoms with van der Waals surface area (Å²) in [7, 11) is 0. The van der Waals surface area contributed by atoms with Crippen LogP contribution in [0.3, 0.4) is 0 Å². The van der Waals surface area contributed by atoms with Crippen molar-refractivity contribution in [3.05, 3.63) is 0 Å². The summed E-state index contributed by atoms with van der Waals surface area (Å²) in [6, 6.07) is 0. The van der Waals surface area contributed by atoms with Gasteiger partial charge in [0.15, 0.2) is 0 Å². The first kappa shape index (κ1) is 11.0. The minimum Gasteiger partial charge on any atom is -0.396 e. The lowest BCUT2D eigenvalue weighted by molar-refractivity contribution is -0.00208. The van der Waals surface area contributed by atoms with Crippen molar-refractivity contribution in [3.63, 3.8) is 0 Å². The number of β-amino-alcohol motifs (C(OH)–C–C–N with tert-alkyl or cyclic N) is 1. The van der Waals surface area contributed by atoms with Gasteiger partial charge in [0.05, 0.1) is 6.10 Å². The molecule has 0 amide bonds. The third-order valence-corrected chi connectivity index (χ3v) is 2.87. The van der Waals surface area contributed by atoms with Crippen LogP contribution >= 0.6 is 0 Å². The summed E-state index contributed by atoms with van der Waals surface area (Å²) in [6.07, 6.45) is 3.02. The van der Waals surface area contributed by atoms with Gasteiger partial charge in [0.25, 0.3) is 0 Å². The maximum absolute atomic E-state index is 9.64. The second kappa shape index (κ2) is 5.58. The third kappa shape index (κ3) is 3.25. The van der Waals surface area contributed by atoms with Crippen molar-refractivity contribution in [3.8, 4) is 0 Å². The van der Waals surface area contributed by atoms with Gasteiger partial charge in [0.2, 0.25) is 0 Å². The molecule has 0 aromatic rings. The molecule has 3 nitrogen and oxygen atoms in total. The standard InChI is InChI=1S/C10H21NO2/c1-2-3-5-11-6-4-9(8-12)10(13)7-11/h9-10,12-13H,2-8H2,1H3/t9-,10+/m1/s1. The Morgan fingerprint density at radius 1 is 1.46 bits per heavy atom. The average Bonchev–Trinajstić information content (AvgIpc) is 2.15. The lowest BCUT2D eigenvalue weighted by Gasteiger charge is -2.34. The van der Waals surface area contributed by atoms with E-state index in [-0.39, 0.29) is 18.6 Å². The van der Waals surface area contributed by atoms with Gasteiger partial charge in [-0.2, -0.15) is 0 Å². The van der Waals surface area contributed by atoms with E-state index < -0.39 is 0 Å². The van der Waals surface area contributed by atoms with Crippen LogP contribution in [0.5, 0.6) is 0 Å². The fraction of sp³-hybridized carbons (Fsp3) is 1.00. The van der Waals surface area contributed by atoms with E-state index >= 15 is 0 Å². The van der Waals surface area contributed by atoms with E-state index in [0.29, 0.717) is 0 Å². The van der Waals surface area contributed by atoms with Crippen molar-refractivity contribution in [1.29, 1.82) is 0 Å². The summed E-state index contributed by atoms with van der Waals surface area (Å²) in [5.41, 5.74) is 0. The van der Waals surface area contributed by atoms with Crippen molar-refractivity contribution in [2.24, 2.45) is 5.92 Å². The zero-order valence-electron chi connectivity index (χ0n) is 8.45. The predicted octanol–water partition coefficient (Wildman–Crippen LogP) is 0.462. The summed E-state index contributed by atoms with van der Waals surface area (Å²) >= 11 is 0. The van der Waals surface area contributed by atoms with Crippen LogP contribution in [-0.2, 0) is 0 Å². The minimum atomic E-state index is -0.324. The lowest BCUT2D eigenvalue weighted by atomic mass is 9.95. The number of hydrogen-bond acceptors (Lipinski definition) is 3. The normalized spacial score (nSPS) is 30.7. The van der Waals surface area contributed by atoms with Crippen molar-refractivity contribution < 1.29 is 10.2 Å². The van der Waals surface area contributed by atoms with Crippen molar-refractivity contribution in [2.45, 2.75) is 32.3 Å². The maximum Gasteiger partial charge on any atom is 0.0717 e. The molecule has 0 aromatic carbocycles. The van der Waals surface area contributed by atoms with Gasteiger partial charge in [-0.1, -0.05) is 13.3 Å². The van der Waals surface area contributed by atoms with Crippen LogP contribution < -0.4 is 0 Å². The van der Waals surface area contributed by atoms with Gasteiger partial charge in [-0.25, -0.2) is 0 Å². The molecule has 13 heavy (non-hydrogen) atoms. The molecule has 0 saturated carbocycles. The molecule has 2 atom stereocenters. The first-order chi connectivity index (χ1) is 6.27. The molecule has 3 heteroatoms. The Bertz CT molecular complexity index is 141. The molecular formula is C10H21NO2. The number of hydrogen-bond donors (Lipinski definition) is 2. The van der Waals surface area contributed by atoms with Crippen LogP contribution in [0.4, 0.5) is 0 Å². The van der Waals surface area contributed by atoms with Crippen molar-refractivity contribution in [2.75, 3.05) is 26.2 Å². The number of aliphatic hydroxyl groups excluding tert-OH is 2. The Kier molecular flexibility index (Phi) is 4.70. The molecule has 0 radical (unpaired) electrons. The molecule has 0 unspecified atom stereocenters. The Hall–Kier alpha value is -0.120. The highest BCUT2D eigenvalue weighted by atomic mass is 16.3. The van der Waals surface area contributed by atoms with Gasteiger partial charge in [-0.05, 0) is 25.9 Å². The highest BCUT2D eigenvalue weighted by molar-refractivity contribution is 4.79. The Balaban J connectivity index is 2.24. The van der Waals surface area contributed by atoms with Gasteiger partial charge >= 0.3 is 0 Å². The smallest absolute Gasteiger partial charge is 0.0717 e. The number of likely N-dealkylation sites (tertiary alicyclic amines) is 1. The number of aliphatic hydroxyl groups is 2. The molecule has 0 bridgehead atoms. The summed E-state index contributed by atoms with van der Waals surface area (Å²) in [4.78, 5) is 2.29. The summed E-state index contributed by atoms with van der Waals surface area (Å²) < 4.78 is 0. The highest BCUT2D eigenvalue weighted by Crippen LogP contribution is 2.17. The molecule has 1 aliphatic heterocycles. The van der Waals surface area contributed by atoms with E-state index in [1.807, 2.05) is 0 Å². The molecule has 1 rings (SSSR count). The molecule has 1 fully saturated rings. The van der Waals surface area contributed by atoms with Gasteiger partial charge in [-0.15, -0.1) is 0 Å². The van der Waals surface area contributed by atoms with Crippen LogP contribution in [0.2, 0.25) is 0 Å². The fourth-order valence-corrected chi connectivity index (χ4v) is 1.84. The molecule has 78 valence electrons. The van der Waals surface area contributed by atoms with Crippen LogP contribution in [0.1, 0.15) is 26.2 Å². The summed E-state index contributed by atoms with van der Waals surface area (Å²) in [5, 5.41) is 18.6. The molecular weight excluding hydrogens is 166 g/mol. The third-order valence-electron chi connectivity index (χ3n) is 2.87. The van der Waals surface area contributed by atoms with E-state index in [9.17, 15) is 5.11 Å². The lowest BCUT2D eigenvalue weighted by Crippen LogP contribution is -2.45. The number of nitrogens with zero attached hydrogens (tertiary/aromatic N) is 1. The zero-order valence-corrected chi connectivity index (χ0v) is 8.45. The minimum absolute atomic E-state index is 0.109. The summed E-state index contributed by atoms with van der Waals surface area (Å²) in [6.45, 7) is 5.17. The molecule has 0 spiro atoms. The van der Waals surface area contributed by atoms with E-state index in [0.717, 1.165) is 26.1 Å². The van der Waals surface area contributed by atoms with E-state index in [1.165, 1.54) is 12.8 Å². The quantitative estimate of drug-likeness (QED) is 0.672. The Morgan fingerprint density at radius 3 is 2.77 bits per heavy atom. The highest BCUT2D eigenvalue weighted by Gasteiger charge is 2.26. The molecule has 0 aromatic heterocycles. The fourth-order valence-electron chi connectivity index (χ4n) is 1.84. The molecule has 0 aliphatic carbocycles. The van der Waals surface area contributed by atoms with Gasteiger partial charge < -0.3 is 15.1 Å². The first-order valence-electron chi connectivity index (χ1n) is 5.29. The van der Waals surface area contributed by atoms with Gasteiger partial charge in [-0.3, -0.25) is 0 Å². The van der Waals surface area contributed by atoms with Gasteiger partial charge in [0.1, 0.15) is 0 Å². The summed E-state index contributed by atoms with van der Waals surface area (Å²) in [5.74, 6) is 0.109. The maximum atomic E-state index is 9.64. The second-order valence-electron chi connectivity index (χ2n) is 3.95. The first-order valence-corrected chi connectivity index (χ1v) is 5.29. The van der Waals surface area contributed by atoms with Crippen LogP contribution in [0.15, 0.2) is 0 Å². The van der Waals surface area contributed by atoms with E-state index in [4.69, 9.17) is 5.11 Å². The molecule has 1 saturated heterocycles. The number of rotatable bonds is 4. The van der Waals surface area contributed by atoms with Crippen molar-refractivity contribution >= 4 is 0 Å². The largest absolute Gasteiger partial charge is 0.396 e. The van der Waals surface area contributed by atoms with Crippen LogP contribution in [0.25, 0.3) is 0 Å².